The normalized spacial score (nSPS) is 22.8. The van der Waals surface area contributed by atoms with E-state index in [9.17, 15) is 18.0 Å². The van der Waals surface area contributed by atoms with Crippen molar-refractivity contribution in [2.24, 2.45) is 0 Å². The van der Waals surface area contributed by atoms with Crippen molar-refractivity contribution < 1.29 is 22.7 Å². The van der Waals surface area contributed by atoms with Crippen LogP contribution in [0.2, 0.25) is 0 Å². The number of anilines is 1. The number of benzene rings is 1. The minimum absolute atomic E-state index is 0.0356. The van der Waals surface area contributed by atoms with Gasteiger partial charge in [0.05, 0.1) is 28.0 Å². The van der Waals surface area contributed by atoms with Crippen LogP contribution >= 0.6 is 24.0 Å². The van der Waals surface area contributed by atoms with Gasteiger partial charge in [-0.3, -0.25) is 23.8 Å². The molecule has 14 heteroatoms. The maximum atomic E-state index is 13.9. The standard InChI is InChI=1S/C29H29N5O6S3/c1-18-3-2-7-33-25(18)30-26(32-10-8-31(9-11-32)15-19-4-5-22-23(13-19)40-17-39-22)21(27(33)35)14-24-28(36)34(29(41)42-24)20-6-12-43(37,38)16-20/h2-5,7,13-14,20H,6,8-12,15-17H2,1H3. The van der Waals surface area contributed by atoms with Crippen LogP contribution in [0.3, 0.4) is 0 Å². The van der Waals surface area contributed by atoms with E-state index in [4.69, 9.17) is 26.7 Å². The Morgan fingerprint density at radius 2 is 1.91 bits per heavy atom. The van der Waals surface area contributed by atoms with Gasteiger partial charge in [-0.2, -0.15) is 0 Å². The average Bonchev–Trinajstić information content (AvgIpc) is 3.67. The monoisotopic (exact) mass is 639 g/mol. The van der Waals surface area contributed by atoms with E-state index in [1.807, 2.05) is 31.2 Å². The highest BCUT2D eigenvalue weighted by Gasteiger charge is 2.42. The highest BCUT2D eigenvalue weighted by molar-refractivity contribution is 8.26. The predicted molar refractivity (Wildman–Crippen MR) is 168 cm³/mol. The molecule has 0 radical (unpaired) electrons. The maximum absolute atomic E-state index is 13.9. The van der Waals surface area contributed by atoms with Crippen molar-refractivity contribution in [1.29, 1.82) is 0 Å². The summed E-state index contributed by atoms with van der Waals surface area (Å²) in [6.45, 7) is 5.69. The molecule has 2 aromatic heterocycles. The number of pyridine rings is 1. The molecular formula is C29H29N5O6S3. The molecule has 0 spiro atoms. The first-order valence-electron chi connectivity index (χ1n) is 14.0. The van der Waals surface area contributed by atoms with Crippen LogP contribution in [-0.2, 0) is 21.2 Å². The van der Waals surface area contributed by atoms with E-state index in [1.165, 1.54) is 9.30 Å². The quantitative estimate of drug-likeness (QED) is 0.303. The maximum Gasteiger partial charge on any atom is 0.267 e. The molecule has 0 aliphatic carbocycles. The Hall–Kier alpha value is -3.46. The van der Waals surface area contributed by atoms with Crippen LogP contribution in [0.5, 0.6) is 11.5 Å². The van der Waals surface area contributed by atoms with E-state index in [0.29, 0.717) is 45.8 Å². The molecule has 3 fully saturated rings. The number of thioether (sulfide) groups is 1. The summed E-state index contributed by atoms with van der Waals surface area (Å²) in [5.41, 5.74) is 2.59. The summed E-state index contributed by atoms with van der Waals surface area (Å²) in [5.74, 6) is 1.61. The zero-order valence-corrected chi connectivity index (χ0v) is 25.8. The second-order valence-corrected chi connectivity index (χ2v) is 15.0. The zero-order valence-electron chi connectivity index (χ0n) is 23.4. The number of rotatable bonds is 5. The Kier molecular flexibility index (Phi) is 7.19. The SMILES string of the molecule is Cc1cccn2c(=O)c(C=C3SC(=S)N(C4CCS(=O)(=O)C4)C3=O)c(N3CCN(Cc4ccc5c(c4)OCO5)CC3)nc12. The Morgan fingerprint density at radius 1 is 1.12 bits per heavy atom. The number of piperazine rings is 1. The van der Waals surface area contributed by atoms with Gasteiger partial charge < -0.3 is 14.4 Å². The van der Waals surface area contributed by atoms with Crippen LogP contribution in [0.1, 0.15) is 23.1 Å². The van der Waals surface area contributed by atoms with E-state index < -0.39 is 15.9 Å². The molecule has 4 aliphatic rings. The molecule has 11 nitrogen and oxygen atoms in total. The second kappa shape index (κ2) is 10.9. The molecule has 224 valence electrons. The molecule has 6 heterocycles. The predicted octanol–water partition coefficient (Wildman–Crippen LogP) is 2.44. The first kappa shape index (κ1) is 28.3. The fourth-order valence-corrected chi connectivity index (χ4v) is 9.07. The molecule has 7 rings (SSSR count). The molecule has 1 aromatic carbocycles. The molecule has 43 heavy (non-hydrogen) atoms. The van der Waals surface area contributed by atoms with Crippen molar-refractivity contribution >= 4 is 61.6 Å². The first-order chi connectivity index (χ1) is 20.7. The molecule has 1 unspecified atom stereocenters. The lowest BCUT2D eigenvalue weighted by Crippen LogP contribution is -2.47. The number of aryl methyl sites for hydroxylation is 1. The number of nitrogens with zero attached hydrogens (tertiary/aromatic N) is 5. The molecule has 1 atom stereocenters. The van der Waals surface area contributed by atoms with Gasteiger partial charge in [0.1, 0.15) is 15.8 Å². The number of carbonyl (C=O) groups excluding carboxylic acids is 1. The summed E-state index contributed by atoms with van der Waals surface area (Å²) in [5, 5.41) is 0. The number of fused-ring (bicyclic) bond motifs is 2. The van der Waals surface area contributed by atoms with Gasteiger partial charge in [-0.1, -0.05) is 36.1 Å². The molecular weight excluding hydrogens is 611 g/mol. The van der Waals surface area contributed by atoms with Crippen LogP contribution in [0, 0.1) is 6.92 Å². The first-order valence-corrected chi connectivity index (χ1v) is 17.1. The zero-order chi connectivity index (χ0) is 29.9. The van der Waals surface area contributed by atoms with Crippen molar-refractivity contribution in [2.45, 2.75) is 25.9 Å². The van der Waals surface area contributed by atoms with Crippen LogP contribution in [0.25, 0.3) is 11.7 Å². The van der Waals surface area contributed by atoms with E-state index in [1.54, 1.807) is 18.3 Å². The van der Waals surface area contributed by atoms with Crippen LogP contribution < -0.4 is 19.9 Å². The van der Waals surface area contributed by atoms with E-state index in [-0.39, 0.29) is 29.8 Å². The van der Waals surface area contributed by atoms with Crippen LogP contribution in [0.15, 0.2) is 46.2 Å². The summed E-state index contributed by atoms with van der Waals surface area (Å²) in [6, 6.07) is 9.21. The number of thiocarbonyl (C=S) groups is 1. The minimum atomic E-state index is -3.21. The smallest absolute Gasteiger partial charge is 0.267 e. The summed E-state index contributed by atoms with van der Waals surface area (Å²) in [6.07, 6.45) is 3.61. The molecule has 3 saturated heterocycles. The van der Waals surface area contributed by atoms with E-state index in [2.05, 4.69) is 9.80 Å². The van der Waals surface area contributed by atoms with Crippen LogP contribution in [-0.4, -0.2) is 88.3 Å². The van der Waals surface area contributed by atoms with Crippen molar-refractivity contribution in [2.75, 3.05) is 49.4 Å². The van der Waals surface area contributed by atoms with Gasteiger partial charge in [0.2, 0.25) is 6.79 Å². The Bertz CT molecular complexity index is 1870. The fraction of sp³-hybridized carbons (Fsp3) is 0.379. The lowest BCUT2D eigenvalue weighted by Gasteiger charge is -2.36. The van der Waals surface area contributed by atoms with Gasteiger partial charge in [-0.15, -0.1) is 0 Å². The summed E-state index contributed by atoms with van der Waals surface area (Å²) < 4.78 is 37.0. The minimum Gasteiger partial charge on any atom is -0.454 e. The van der Waals surface area contributed by atoms with Crippen molar-refractivity contribution in [1.82, 2.24) is 19.2 Å². The number of amides is 1. The number of carbonyl (C=O) groups is 1. The largest absolute Gasteiger partial charge is 0.454 e. The van der Waals surface area contributed by atoms with Crippen LogP contribution in [0.4, 0.5) is 5.82 Å². The van der Waals surface area contributed by atoms with E-state index in [0.717, 1.165) is 54.0 Å². The van der Waals surface area contributed by atoms with Gasteiger partial charge in [-0.25, -0.2) is 13.4 Å². The van der Waals surface area contributed by atoms with Crippen molar-refractivity contribution in [3.63, 3.8) is 0 Å². The highest BCUT2D eigenvalue weighted by Crippen LogP contribution is 2.37. The van der Waals surface area contributed by atoms with E-state index >= 15 is 0 Å². The number of aromatic nitrogens is 2. The molecule has 3 aromatic rings. The van der Waals surface area contributed by atoms with Gasteiger partial charge in [-0.05, 0) is 48.7 Å². The Balaban J connectivity index is 1.18. The number of hydrogen-bond acceptors (Lipinski definition) is 11. The third-order valence-electron chi connectivity index (χ3n) is 8.25. The lowest BCUT2D eigenvalue weighted by atomic mass is 10.1. The molecule has 4 aliphatic heterocycles. The highest BCUT2D eigenvalue weighted by atomic mass is 32.2. The number of ether oxygens (including phenoxy) is 2. The molecule has 1 amide bonds. The third-order valence-corrected chi connectivity index (χ3v) is 11.3. The number of sulfone groups is 1. The van der Waals surface area contributed by atoms with Gasteiger partial charge in [0, 0.05) is 38.9 Å². The van der Waals surface area contributed by atoms with Crippen molar-refractivity contribution in [3.05, 3.63) is 68.5 Å². The lowest BCUT2D eigenvalue weighted by molar-refractivity contribution is -0.123. The van der Waals surface area contributed by atoms with Gasteiger partial charge in [0.15, 0.2) is 21.3 Å². The van der Waals surface area contributed by atoms with Crippen molar-refractivity contribution in [3.8, 4) is 11.5 Å². The third kappa shape index (κ3) is 5.30. The van der Waals surface area contributed by atoms with Gasteiger partial charge in [0.25, 0.3) is 11.5 Å². The summed E-state index contributed by atoms with van der Waals surface area (Å²) in [4.78, 5) is 38.5. The number of hydrogen-bond donors (Lipinski definition) is 0. The fourth-order valence-electron chi connectivity index (χ4n) is 5.99. The molecule has 0 saturated carbocycles. The van der Waals surface area contributed by atoms with Gasteiger partial charge >= 0.3 is 0 Å². The molecule has 0 bridgehead atoms. The Morgan fingerprint density at radius 3 is 2.67 bits per heavy atom. The second-order valence-electron chi connectivity index (χ2n) is 11.1. The average molecular weight is 640 g/mol. The molecule has 0 N–H and O–H groups in total. The Labute approximate surface area is 258 Å². The summed E-state index contributed by atoms with van der Waals surface area (Å²) >= 11 is 6.60. The summed E-state index contributed by atoms with van der Waals surface area (Å²) in [7, 11) is -3.21. The topological polar surface area (TPSA) is 114 Å².